The molecule has 6 aromatic rings. The summed E-state index contributed by atoms with van der Waals surface area (Å²) in [6, 6.07) is 39.6. The lowest BCUT2D eigenvalue weighted by Gasteiger charge is -2.10. The molecule has 0 unspecified atom stereocenters. The molecular formula is C31H25N3O. The Labute approximate surface area is 204 Å². The normalized spacial score (nSPS) is 11.1. The molecule has 4 aromatic carbocycles. The third-order valence-electron chi connectivity index (χ3n) is 6.15. The second kappa shape index (κ2) is 8.99. The zero-order valence-electron chi connectivity index (χ0n) is 19.5. The van der Waals surface area contributed by atoms with E-state index in [9.17, 15) is 0 Å². The highest BCUT2D eigenvalue weighted by Gasteiger charge is 2.22. The van der Waals surface area contributed by atoms with Gasteiger partial charge in [0.1, 0.15) is 5.75 Å². The minimum Gasteiger partial charge on any atom is -0.494 e. The summed E-state index contributed by atoms with van der Waals surface area (Å²) in [7, 11) is 0. The Morgan fingerprint density at radius 3 is 1.83 bits per heavy atom. The molecule has 0 aliphatic rings. The summed E-state index contributed by atoms with van der Waals surface area (Å²) in [5.41, 5.74) is 7.50. The molecule has 0 spiro atoms. The van der Waals surface area contributed by atoms with Crippen LogP contribution in [0.3, 0.4) is 0 Å². The van der Waals surface area contributed by atoms with Crippen molar-refractivity contribution in [2.24, 2.45) is 0 Å². The summed E-state index contributed by atoms with van der Waals surface area (Å²) < 4.78 is 10.1. The second-order valence-electron chi connectivity index (χ2n) is 8.35. The lowest BCUT2D eigenvalue weighted by atomic mass is 10.0. The van der Waals surface area contributed by atoms with E-state index in [-0.39, 0.29) is 0 Å². The molecule has 0 radical (unpaired) electrons. The molecule has 0 atom stereocenters. The van der Waals surface area contributed by atoms with Gasteiger partial charge in [-0.05, 0) is 31.2 Å². The molecule has 0 N–H and O–H groups in total. The molecule has 2 aromatic heterocycles. The number of ether oxygens (including phenoxy) is 1. The Kier molecular flexibility index (Phi) is 5.39. The average Bonchev–Trinajstić information content (AvgIpc) is 3.47. The van der Waals surface area contributed by atoms with Gasteiger partial charge in [0.25, 0.3) is 0 Å². The van der Waals surface area contributed by atoms with E-state index in [1.165, 1.54) is 0 Å². The third kappa shape index (κ3) is 3.79. The zero-order chi connectivity index (χ0) is 23.6. The van der Waals surface area contributed by atoms with Crippen molar-refractivity contribution in [3.63, 3.8) is 0 Å². The lowest BCUT2D eigenvalue weighted by Crippen LogP contribution is -1.98. The number of aromatic nitrogens is 3. The number of rotatable bonds is 6. The first-order valence-corrected chi connectivity index (χ1v) is 11.9. The fourth-order valence-electron chi connectivity index (χ4n) is 4.58. The maximum absolute atomic E-state index is 5.69. The van der Waals surface area contributed by atoms with E-state index >= 15 is 0 Å². The predicted octanol–water partition coefficient (Wildman–Crippen LogP) is 7.52. The highest BCUT2D eigenvalue weighted by atomic mass is 16.5. The quantitative estimate of drug-likeness (QED) is 0.260. The maximum Gasteiger partial charge on any atom is 0.220 e. The van der Waals surface area contributed by atoms with E-state index < -0.39 is 0 Å². The number of fused-ring (bicyclic) bond motifs is 1. The van der Waals surface area contributed by atoms with Crippen LogP contribution in [0.2, 0.25) is 0 Å². The van der Waals surface area contributed by atoms with Crippen LogP contribution < -0.4 is 4.74 Å². The molecule has 0 saturated carbocycles. The second-order valence-corrected chi connectivity index (χ2v) is 8.35. The van der Waals surface area contributed by atoms with E-state index in [0.29, 0.717) is 6.61 Å². The Balaban J connectivity index is 1.66. The third-order valence-corrected chi connectivity index (χ3v) is 6.15. The average molecular weight is 456 g/mol. The number of hydrogen-bond donors (Lipinski definition) is 0. The Hall–Kier alpha value is -4.57. The van der Waals surface area contributed by atoms with Crippen molar-refractivity contribution in [3.05, 3.63) is 121 Å². The fourth-order valence-corrected chi connectivity index (χ4v) is 4.58. The molecule has 0 fully saturated rings. The monoisotopic (exact) mass is 455 g/mol. The van der Waals surface area contributed by atoms with Gasteiger partial charge < -0.3 is 4.74 Å². The van der Waals surface area contributed by atoms with Gasteiger partial charge in [0.15, 0.2) is 0 Å². The first kappa shape index (κ1) is 21.0. The Morgan fingerprint density at radius 1 is 0.657 bits per heavy atom. The van der Waals surface area contributed by atoms with Crippen molar-refractivity contribution in [2.75, 3.05) is 6.61 Å². The number of nitrogens with zero attached hydrogens (tertiary/aromatic N) is 3. The minimum atomic E-state index is 0.642. The summed E-state index contributed by atoms with van der Waals surface area (Å²) >= 11 is 0. The molecule has 170 valence electrons. The van der Waals surface area contributed by atoms with E-state index in [1.807, 2.05) is 37.3 Å². The maximum atomic E-state index is 5.69. The first-order chi connectivity index (χ1) is 17.3. The highest BCUT2D eigenvalue weighted by Crippen LogP contribution is 2.37. The summed E-state index contributed by atoms with van der Waals surface area (Å²) in [5, 5.41) is 0. The minimum absolute atomic E-state index is 0.642. The van der Waals surface area contributed by atoms with Gasteiger partial charge in [0, 0.05) is 28.6 Å². The van der Waals surface area contributed by atoms with E-state index in [1.54, 1.807) is 0 Å². The standard InChI is InChI=1S/C31H25N3O/c1-2-35-27-20-18-26(19-21-27)34-28(23-12-6-3-7-13-23)22-33-30(25-16-10-5-11-17-25)29(32-31(33)34)24-14-8-4-9-15-24/h3-22H,2H2,1H3. The van der Waals surface area contributed by atoms with E-state index in [2.05, 4.69) is 100 Å². The van der Waals surface area contributed by atoms with Crippen LogP contribution >= 0.6 is 0 Å². The van der Waals surface area contributed by atoms with E-state index in [0.717, 1.165) is 51.0 Å². The predicted molar refractivity (Wildman–Crippen MR) is 142 cm³/mol. The first-order valence-electron chi connectivity index (χ1n) is 11.9. The van der Waals surface area contributed by atoms with E-state index in [4.69, 9.17) is 9.72 Å². The molecule has 4 heteroatoms. The van der Waals surface area contributed by atoms with Crippen LogP contribution in [0.1, 0.15) is 6.92 Å². The number of imidazole rings is 2. The molecule has 0 bridgehead atoms. The molecule has 0 aliphatic heterocycles. The van der Waals surface area contributed by atoms with Crippen molar-refractivity contribution in [1.29, 1.82) is 0 Å². The largest absolute Gasteiger partial charge is 0.494 e. The number of benzene rings is 4. The van der Waals surface area contributed by atoms with Crippen LogP contribution in [0.25, 0.3) is 45.2 Å². The van der Waals surface area contributed by atoms with Crippen LogP contribution in [-0.4, -0.2) is 20.6 Å². The SMILES string of the molecule is CCOc1ccc(-n2c(-c3ccccc3)cn3c(-c4ccccc4)c(-c4ccccc4)nc23)cc1. The smallest absolute Gasteiger partial charge is 0.220 e. The van der Waals surface area contributed by atoms with Crippen LogP contribution in [0.4, 0.5) is 0 Å². The zero-order valence-corrected chi connectivity index (χ0v) is 19.5. The van der Waals surface area contributed by atoms with Crippen molar-refractivity contribution in [3.8, 4) is 45.2 Å². The van der Waals surface area contributed by atoms with Gasteiger partial charge in [-0.25, -0.2) is 4.98 Å². The molecule has 0 amide bonds. The van der Waals surface area contributed by atoms with Gasteiger partial charge in [-0.1, -0.05) is 91.0 Å². The van der Waals surface area contributed by atoms with Gasteiger partial charge in [0.2, 0.25) is 5.78 Å². The Morgan fingerprint density at radius 2 is 1.23 bits per heavy atom. The van der Waals surface area contributed by atoms with Gasteiger partial charge >= 0.3 is 0 Å². The van der Waals surface area contributed by atoms with Crippen molar-refractivity contribution in [1.82, 2.24) is 14.0 Å². The number of hydrogen-bond acceptors (Lipinski definition) is 2. The lowest BCUT2D eigenvalue weighted by molar-refractivity contribution is 0.340. The van der Waals surface area contributed by atoms with Gasteiger partial charge in [-0.3, -0.25) is 8.97 Å². The molecule has 2 heterocycles. The summed E-state index contributed by atoms with van der Waals surface area (Å²) in [4.78, 5) is 5.24. The van der Waals surface area contributed by atoms with Crippen LogP contribution in [0.5, 0.6) is 5.75 Å². The molecule has 35 heavy (non-hydrogen) atoms. The molecule has 0 aliphatic carbocycles. The molecule has 6 rings (SSSR count). The van der Waals surface area contributed by atoms with Gasteiger partial charge in [0.05, 0.1) is 23.7 Å². The summed E-state index contributed by atoms with van der Waals surface area (Å²) in [5.74, 6) is 1.73. The van der Waals surface area contributed by atoms with Crippen molar-refractivity contribution < 1.29 is 4.74 Å². The summed E-state index contributed by atoms with van der Waals surface area (Å²) in [6.07, 6.45) is 2.20. The van der Waals surface area contributed by atoms with Crippen molar-refractivity contribution >= 4 is 5.78 Å². The molecule has 0 saturated heterocycles. The van der Waals surface area contributed by atoms with Crippen LogP contribution in [-0.2, 0) is 0 Å². The highest BCUT2D eigenvalue weighted by molar-refractivity contribution is 5.83. The summed E-state index contributed by atoms with van der Waals surface area (Å²) in [6.45, 7) is 2.64. The van der Waals surface area contributed by atoms with Crippen LogP contribution in [0.15, 0.2) is 121 Å². The molecular weight excluding hydrogens is 430 g/mol. The molecule has 4 nitrogen and oxygen atoms in total. The fraction of sp³-hybridized carbons (Fsp3) is 0.0645. The topological polar surface area (TPSA) is 31.5 Å². The van der Waals surface area contributed by atoms with Crippen molar-refractivity contribution in [2.45, 2.75) is 6.92 Å². The van der Waals surface area contributed by atoms with Gasteiger partial charge in [-0.2, -0.15) is 0 Å². The van der Waals surface area contributed by atoms with Gasteiger partial charge in [-0.15, -0.1) is 0 Å². The Bertz CT molecular complexity index is 1570. The van der Waals surface area contributed by atoms with Crippen LogP contribution in [0, 0.1) is 0 Å².